The molecule has 0 spiro atoms. The smallest absolute Gasteiger partial charge is 0.266 e. The highest BCUT2D eigenvalue weighted by Gasteiger charge is 2.34. The first-order chi connectivity index (χ1) is 13.4. The van der Waals surface area contributed by atoms with Crippen molar-refractivity contribution < 1.29 is 9.53 Å². The lowest BCUT2D eigenvalue weighted by Gasteiger charge is -2.18. The van der Waals surface area contributed by atoms with Crippen LogP contribution in [0.5, 0.6) is 0 Å². The van der Waals surface area contributed by atoms with Crippen LogP contribution in [0.3, 0.4) is 0 Å². The van der Waals surface area contributed by atoms with E-state index in [4.69, 9.17) is 17.0 Å². The molecule has 2 aromatic rings. The number of ether oxygens (including phenoxy) is 1. The fourth-order valence-corrected chi connectivity index (χ4v) is 5.08. The third-order valence-corrected chi connectivity index (χ3v) is 6.71. The van der Waals surface area contributed by atoms with Crippen LogP contribution < -0.4 is 0 Å². The van der Waals surface area contributed by atoms with Crippen molar-refractivity contribution in [3.05, 3.63) is 57.8 Å². The number of aromatic nitrogens is 1. The maximum absolute atomic E-state index is 12.9. The molecule has 4 rings (SSSR count). The molecule has 0 aliphatic carbocycles. The maximum atomic E-state index is 12.9. The average molecular weight is 413 g/mol. The van der Waals surface area contributed by atoms with E-state index < -0.39 is 0 Å². The van der Waals surface area contributed by atoms with E-state index >= 15 is 0 Å². The van der Waals surface area contributed by atoms with Crippen LogP contribution >= 0.6 is 24.0 Å². The molecule has 0 N–H and O–H groups in total. The summed E-state index contributed by atoms with van der Waals surface area (Å²) >= 11 is 6.85. The van der Waals surface area contributed by atoms with Crippen LogP contribution in [0.2, 0.25) is 0 Å². The number of carbonyl (C=O) groups is 1. The summed E-state index contributed by atoms with van der Waals surface area (Å²) in [5.41, 5.74) is 5.68. The Kier molecular flexibility index (Phi) is 5.45. The van der Waals surface area contributed by atoms with E-state index in [1.165, 1.54) is 17.3 Å². The Balaban J connectivity index is 1.60. The number of aryl methyl sites for hydroxylation is 2. The summed E-state index contributed by atoms with van der Waals surface area (Å²) < 4.78 is 8.52. The van der Waals surface area contributed by atoms with E-state index in [2.05, 4.69) is 55.7 Å². The molecule has 0 bridgehead atoms. The number of thiocarbonyl (C=S) groups is 1. The van der Waals surface area contributed by atoms with Crippen molar-refractivity contribution in [1.82, 2.24) is 9.47 Å². The van der Waals surface area contributed by atoms with Crippen molar-refractivity contribution in [3.8, 4) is 5.69 Å². The molecule has 3 heterocycles. The second-order valence-corrected chi connectivity index (χ2v) is 9.10. The van der Waals surface area contributed by atoms with Crippen molar-refractivity contribution in [2.75, 3.05) is 13.2 Å². The van der Waals surface area contributed by atoms with Gasteiger partial charge in [-0.15, -0.1) is 0 Å². The van der Waals surface area contributed by atoms with Gasteiger partial charge >= 0.3 is 0 Å². The van der Waals surface area contributed by atoms with Gasteiger partial charge in [0.05, 0.1) is 17.6 Å². The van der Waals surface area contributed by atoms with E-state index in [0.29, 0.717) is 15.8 Å². The number of benzene rings is 1. The van der Waals surface area contributed by atoms with Crippen LogP contribution in [0.15, 0.2) is 35.2 Å². The molecule has 2 aliphatic rings. The van der Waals surface area contributed by atoms with E-state index in [9.17, 15) is 4.79 Å². The van der Waals surface area contributed by atoms with E-state index in [-0.39, 0.29) is 12.0 Å². The van der Waals surface area contributed by atoms with Crippen LogP contribution in [-0.4, -0.2) is 39.0 Å². The van der Waals surface area contributed by atoms with Crippen LogP contribution in [0, 0.1) is 20.8 Å². The number of hydrogen-bond acceptors (Lipinski definition) is 4. The highest BCUT2D eigenvalue weighted by atomic mass is 32.2. The number of carbonyl (C=O) groups excluding carboxylic acids is 1. The first-order valence-electron chi connectivity index (χ1n) is 9.57. The van der Waals surface area contributed by atoms with Gasteiger partial charge in [-0.05, 0) is 63.5 Å². The van der Waals surface area contributed by atoms with Crippen LogP contribution in [0.1, 0.15) is 35.4 Å². The third kappa shape index (κ3) is 3.69. The molecule has 0 radical (unpaired) electrons. The summed E-state index contributed by atoms with van der Waals surface area (Å²) in [4.78, 5) is 15.3. The van der Waals surface area contributed by atoms with Crippen molar-refractivity contribution in [2.45, 2.75) is 39.7 Å². The number of hydrogen-bond donors (Lipinski definition) is 0. The first-order valence-corrected chi connectivity index (χ1v) is 10.8. The number of thioether (sulfide) groups is 1. The Morgan fingerprint density at radius 3 is 2.68 bits per heavy atom. The number of rotatable bonds is 4. The molecule has 1 atom stereocenters. The zero-order valence-electron chi connectivity index (χ0n) is 16.4. The average Bonchev–Trinajstić information content (AvgIpc) is 3.34. The summed E-state index contributed by atoms with van der Waals surface area (Å²) in [6.45, 7) is 7.60. The van der Waals surface area contributed by atoms with Gasteiger partial charge < -0.3 is 9.30 Å². The summed E-state index contributed by atoms with van der Waals surface area (Å²) in [5.74, 6) is -0.00867. The van der Waals surface area contributed by atoms with Crippen LogP contribution in [0.4, 0.5) is 0 Å². The summed E-state index contributed by atoms with van der Waals surface area (Å²) in [6.07, 6.45) is 4.13. The third-order valence-electron chi connectivity index (χ3n) is 5.33. The van der Waals surface area contributed by atoms with Gasteiger partial charge in [0.1, 0.15) is 4.32 Å². The highest BCUT2D eigenvalue weighted by molar-refractivity contribution is 8.26. The summed E-state index contributed by atoms with van der Waals surface area (Å²) in [5, 5.41) is 0. The topological polar surface area (TPSA) is 34.5 Å². The molecule has 2 aliphatic heterocycles. The molecule has 2 saturated heterocycles. The van der Waals surface area contributed by atoms with E-state index in [1.54, 1.807) is 4.90 Å². The lowest BCUT2D eigenvalue weighted by molar-refractivity contribution is -0.123. The van der Waals surface area contributed by atoms with Gasteiger partial charge in [-0.2, -0.15) is 0 Å². The van der Waals surface area contributed by atoms with Gasteiger partial charge in [0.2, 0.25) is 0 Å². The molecule has 4 nitrogen and oxygen atoms in total. The first kappa shape index (κ1) is 19.4. The van der Waals surface area contributed by atoms with Gasteiger partial charge in [0.25, 0.3) is 5.91 Å². The minimum atomic E-state index is -0.00867. The molecule has 28 heavy (non-hydrogen) atoms. The SMILES string of the molecule is Cc1ccc(-n2c(C)cc(/C=C3\SC(=S)N(C[C@H]4CCCO4)C3=O)c2C)cc1. The fraction of sp³-hybridized carbons (Fsp3) is 0.364. The summed E-state index contributed by atoms with van der Waals surface area (Å²) in [6, 6.07) is 10.6. The van der Waals surface area contributed by atoms with Crippen LogP contribution in [-0.2, 0) is 9.53 Å². The van der Waals surface area contributed by atoms with Gasteiger partial charge in [0.15, 0.2) is 0 Å². The van der Waals surface area contributed by atoms with Crippen molar-refractivity contribution >= 4 is 40.3 Å². The zero-order chi connectivity index (χ0) is 19.8. The van der Waals surface area contributed by atoms with Gasteiger partial charge in [0, 0.05) is 23.7 Å². The Morgan fingerprint density at radius 1 is 1.25 bits per heavy atom. The molecular weight excluding hydrogens is 388 g/mol. The molecule has 0 saturated carbocycles. The standard InChI is InChI=1S/C22H24N2O2S2/c1-14-6-8-18(9-7-14)24-15(2)11-17(16(24)3)12-20-21(25)23(22(27)28-20)13-19-5-4-10-26-19/h6-9,11-12,19H,4-5,10,13H2,1-3H3/b20-12-/t19-/m1/s1. The predicted molar refractivity (Wildman–Crippen MR) is 119 cm³/mol. The Morgan fingerprint density at radius 2 is 2.00 bits per heavy atom. The summed E-state index contributed by atoms with van der Waals surface area (Å²) in [7, 11) is 0. The number of nitrogens with zero attached hydrogens (tertiary/aromatic N) is 2. The molecule has 1 aromatic heterocycles. The second kappa shape index (κ2) is 7.85. The van der Waals surface area contributed by atoms with Crippen molar-refractivity contribution in [3.63, 3.8) is 0 Å². The Hall–Kier alpha value is -1.89. The second-order valence-electron chi connectivity index (χ2n) is 7.42. The van der Waals surface area contributed by atoms with Gasteiger partial charge in [-0.3, -0.25) is 9.69 Å². The zero-order valence-corrected chi connectivity index (χ0v) is 18.0. The molecule has 146 valence electrons. The lowest BCUT2D eigenvalue weighted by atomic mass is 10.2. The highest BCUT2D eigenvalue weighted by Crippen LogP contribution is 2.34. The van der Waals surface area contributed by atoms with Gasteiger partial charge in [-0.1, -0.05) is 41.7 Å². The van der Waals surface area contributed by atoms with E-state index in [1.807, 2.05) is 6.08 Å². The van der Waals surface area contributed by atoms with Gasteiger partial charge in [-0.25, -0.2) is 0 Å². The maximum Gasteiger partial charge on any atom is 0.266 e. The van der Waals surface area contributed by atoms with Crippen LogP contribution in [0.25, 0.3) is 11.8 Å². The largest absolute Gasteiger partial charge is 0.376 e. The monoisotopic (exact) mass is 412 g/mol. The molecule has 1 aromatic carbocycles. The molecule has 1 amide bonds. The predicted octanol–water partition coefficient (Wildman–Crippen LogP) is 4.78. The molecule has 0 unspecified atom stereocenters. The molecular formula is C22H24N2O2S2. The lowest BCUT2D eigenvalue weighted by Crippen LogP contribution is -2.35. The minimum Gasteiger partial charge on any atom is -0.376 e. The normalized spacial score (nSPS) is 21.3. The Bertz CT molecular complexity index is 954. The minimum absolute atomic E-state index is 0.00867. The number of amides is 1. The van der Waals surface area contributed by atoms with Crippen molar-refractivity contribution in [2.24, 2.45) is 0 Å². The Labute approximate surface area is 175 Å². The molecule has 6 heteroatoms. The fourth-order valence-electron chi connectivity index (χ4n) is 3.82. The molecule has 2 fully saturated rings. The van der Waals surface area contributed by atoms with Crippen molar-refractivity contribution in [1.29, 1.82) is 0 Å². The quantitative estimate of drug-likeness (QED) is 0.535. The van der Waals surface area contributed by atoms with E-state index in [0.717, 1.165) is 42.1 Å².